The molecule has 246 valence electrons. The van der Waals surface area contributed by atoms with Gasteiger partial charge in [-0.25, -0.2) is 0 Å². The zero-order chi connectivity index (χ0) is 32.1. The van der Waals surface area contributed by atoms with Crippen molar-refractivity contribution in [3.63, 3.8) is 0 Å². The predicted octanol–water partition coefficient (Wildman–Crippen LogP) is 2.47. The summed E-state index contributed by atoms with van der Waals surface area (Å²) in [5.41, 5.74) is 2.96. The molecule has 0 bridgehead atoms. The third-order valence-electron chi connectivity index (χ3n) is 8.95. The Labute approximate surface area is 259 Å². The van der Waals surface area contributed by atoms with E-state index in [4.69, 9.17) is 42.6 Å². The number of carbonyl (C=O) groups excluding carboxylic acids is 1. The molecule has 4 rings (SSSR count). The SMILES string of the molecule is COc1cc(/C=C(\C)C(=O)NC2C(OC)C(OC)C3OCOC3C2OC)ccc1OC1OC(/C(C)=C(/C)CO)C(OC)[C@@H]1C. The van der Waals surface area contributed by atoms with Gasteiger partial charge in [-0.15, -0.1) is 0 Å². The lowest BCUT2D eigenvalue weighted by molar-refractivity contribution is -0.178. The number of fused-ring (bicyclic) bond motifs is 1. The zero-order valence-corrected chi connectivity index (χ0v) is 27.0. The van der Waals surface area contributed by atoms with E-state index in [9.17, 15) is 9.90 Å². The Kier molecular flexibility index (Phi) is 11.8. The molecule has 44 heavy (non-hydrogen) atoms. The first-order valence-corrected chi connectivity index (χ1v) is 14.7. The molecule has 2 N–H and O–H groups in total. The van der Waals surface area contributed by atoms with Gasteiger partial charge in [0.2, 0.25) is 12.2 Å². The maximum atomic E-state index is 13.4. The molecule has 10 atom stereocenters. The number of ether oxygens (including phenoxy) is 9. The summed E-state index contributed by atoms with van der Waals surface area (Å²) in [4.78, 5) is 13.4. The highest BCUT2D eigenvalue weighted by Crippen LogP contribution is 2.38. The molecule has 1 amide bonds. The summed E-state index contributed by atoms with van der Waals surface area (Å²) in [6.45, 7) is 7.59. The van der Waals surface area contributed by atoms with Gasteiger partial charge in [0.25, 0.3) is 0 Å². The summed E-state index contributed by atoms with van der Waals surface area (Å²) in [5, 5.41) is 12.7. The minimum atomic E-state index is -0.600. The van der Waals surface area contributed by atoms with E-state index in [1.807, 2.05) is 26.8 Å². The topological polar surface area (TPSA) is 132 Å². The van der Waals surface area contributed by atoms with Crippen molar-refractivity contribution in [2.45, 2.75) is 82.8 Å². The summed E-state index contributed by atoms with van der Waals surface area (Å²) < 4.78 is 52.7. The molecule has 1 aliphatic carbocycles. The number of benzene rings is 1. The Hall–Kier alpha value is -2.55. The molecule has 2 aliphatic heterocycles. The van der Waals surface area contributed by atoms with E-state index in [0.29, 0.717) is 17.1 Å². The highest BCUT2D eigenvalue weighted by atomic mass is 16.7. The molecule has 12 heteroatoms. The van der Waals surface area contributed by atoms with Gasteiger partial charge in [0.1, 0.15) is 43.4 Å². The number of carbonyl (C=O) groups is 1. The van der Waals surface area contributed by atoms with Gasteiger partial charge in [0, 0.05) is 39.9 Å². The van der Waals surface area contributed by atoms with Gasteiger partial charge < -0.3 is 53.1 Å². The summed E-state index contributed by atoms with van der Waals surface area (Å²) >= 11 is 0. The van der Waals surface area contributed by atoms with E-state index >= 15 is 0 Å². The van der Waals surface area contributed by atoms with Crippen molar-refractivity contribution in [1.29, 1.82) is 0 Å². The predicted molar refractivity (Wildman–Crippen MR) is 160 cm³/mol. The van der Waals surface area contributed by atoms with Gasteiger partial charge in [-0.2, -0.15) is 0 Å². The van der Waals surface area contributed by atoms with Crippen LogP contribution in [0.1, 0.15) is 33.3 Å². The second-order valence-electron chi connectivity index (χ2n) is 11.4. The molecule has 3 aliphatic rings. The first-order chi connectivity index (χ1) is 21.1. The molecular formula is C32H47NO11. The van der Waals surface area contributed by atoms with Crippen molar-refractivity contribution in [3.8, 4) is 11.5 Å². The van der Waals surface area contributed by atoms with Crippen molar-refractivity contribution >= 4 is 12.0 Å². The second-order valence-corrected chi connectivity index (χ2v) is 11.4. The van der Waals surface area contributed by atoms with E-state index in [-0.39, 0.29) is 43.5 Å². The summed E-state index contributed by atoms with van der Waals surface area (Å²) in [7, 11) is 7.92. The fraction of sp³-hybridized carbons (Fsp3) is 0.656. The maximum Gasteiger partial charge on any atom is 0.247 e. The number of hydrogen-bond acceptors (Lipinski definition) is 11. The molecular weight excluding hydrogens is 574 g/mol. The molecule has 1 saturated carbocycles. The van der Waals surface area contributed by atoms with Gasteiger partial charge in [0.15, 0.2) is 11.5 Å². The van der Waals surface area contributed by atoms with Crippen LogP contribution in [0.3, 0.4) is 0 Å². The third kappa shape index (κ3) is 6.82. The van der Waals surface area contributed by atoms with Gasteiger partial charge in [-0.05, 0) is 55.7 Å². The lowest BCUT2D eigenvalue weighted by Gasteiger charge is -2.45. The number of methoxy groups -OCH3 is 5. The number of rotatable bonds is 12. The van der Waals surface area contributed by atoms with Crippen LogP contribution in [-0.4, -0.2) is 115 Å². The van der Waals surface area contributed by atoms with E-state index in [0.717, 1.165) is 16.7 Å². The van der Waals surface area contributed by atoms with Crippen molar-refractivity contribution in [2.75, 3.05) is 48.9 Å². The quantitative estimate of drug-likeness (QED) is 0.264. The summed E-state index contributed by atoms with van der Waals surface area (Å²) in [6.07, 6.45) is -1.70. The monoisotopic (exact) mass is 621 g/mol. The Bertz CT molecular complexity index is 1200. The van der Waals surface area contributed by atoms with Crippen molar-refractivity contribution in [2.24, 2.45) is 5.92 Å². The molecule has 2 saturated heterocycles. The summed E-state index contributed by atoms with van der Waals surface area (Å²) in [5.74, 6) is 0.587. The van der Waals surface area contributed by atoms with E-state index in [1.165, 1.54) is 0 Å². The van der Waals surface area contributed by atoms with E-state index in [1.54, 1.807) is 60.7 Å². The highest BCUT2D eigenvalue weighted by Gasteiger charge is 2.56. The molecule has 1 aromatic rings. The molecule has 3 fully saturated rings. The fourth-order valence-corrected chi connectivity index (χ4v) is 6.27. The number of aliphatic hydroxyl groups excluding tert-OH is 1. The third-order valence-corrected chi connectivity index (χ3v) is 8.95. The second kappa shape index (κ2) is 15.2. The van der Waals surface area contributed by atoms with Crippen molar-refractivity contribution in [1.82, 2.24) is 5.32 Å². The smallest absolute Gasteiger partial charge is 0.247 e. The van der Waals surface area contributed by atoms with Crippen LogP contribution in [-0.2, 0) is 38.0 Å². The molecule has 2 heterocycles. The zero-order valence-electron chi connectivity index (χ0n) is 27.0. The normalized spacial score (nSPS) is 34.4. The molecule has 0 radical (unpaired) electrons. The molecule has 0 spiro atoms. The molecule has 12 nitrogen and oxygen atoms in total. The van der Waals surface area contributed by atoms with Gasteiger partial charge in [-0.3, -0.25) is 4.79 Å². The van der Waals surface area contributed by atoms with Crippen molar-refractivity contribution < 1.29 is 52.5 Å². The Morgan fingerprint density at radius 1 is 0.932 bits per heavy atom. The minimum absolute atomic E-state index is 0.0547. The van der Waals surface area contributed by atoms with Crippen LogP contribution in [0.4, 0.5) is 0 Å². The van der Waals surface area contributed by atoms with Gasteiger partial charge in [0.05, 0.1) is 25.9 Å². The van der Waals surface area contributed by atoms with Crippen LogP contribution in [0, 0.1) is 5.92 Å². The van der Waals surface area contributed by atoms with Crippen LogP contribution >= 0.6 is 0 Å². The standard InChI is InChI=1S/C32H47NO11/c1-16(31(35)33-23-26(38-7)28(40-9)30-29(27(23)39-8)41-15-42-30)12-20-10-11-21(22(13-20)36-5)43-32-19(4)24(37-6)25(44-32)18(3)17(2)14-34/h10-13,19,23-30,32,34H,14-15H2,1-9H3,(H,33,35)/b16-12+,18-17-/t19-,23?,24?,25?,26?,27?,28?,29?,30?,32?/m0/s1. The van der Waals surface area contributed by atoms with Gasteiger partial charge in [-0.1, -0.05) is 13.0 Å². The fourth-order valence-electron chi connectivity index (χ4n) is 6.27. The maximum absolute atomic E-state index is 13.4. The van der Waals surface area contributed by atoms with Crippen molar-refractivity contribution in [3.05, 3.63) is 40.5 Å². The number of nitrogens with one attached hydrogen (secondary N) is 1. The Morgan fingerprint density at radius 2 is 1.57 bits per heavy atom. The largest absolute Gasteiger partial charge is 0.493 e. The molecule has 1 aromatic carbocycles. The van der Waals surface area contributed by atoms with Crippen LogP contribution in [0.15, 0.2) is 34.9 Å². The average Bonchev–Trinajstić information content (AvgIpc) is 3.64. The molecule has 0 aromatic heterocycles. The first kappa shape index (κ1) is 34.3. The Morgan fingerprint density at radius 3 is 2.16 bits per heavy atom. The van der Waals surface area contributed by atoms with Crippen LogP contribution < -0.4 is 14.8 Å². The highest BCUT2D eigenvalue weighted by molar-refractivity contribution is 5.97. The van der Waals surface area contributed by atoms with E-state index in [2.05, 4.69) is 5.32 Å². The average molecular weight is 622 g/mol. The van der Waals surface area contributed by atoms with E-state index < -0.39 is 36.7 Å². The molecule has 9 unspecified atom stereocenters. The minimum Gasteiger partial charge on any atom is -0.493 e. The number of aliphatic hydroxyl groups is 1. The number of amides is 1. The Balaban J connectivity index is 1.49. The number of hydrogen-bond donors (Lipinski definition) is 2. The van der Waals surface area contributed by atoms with Crippen LogP contribution in [0.5, 0.6) is 11.5 Å². The van der Waals surface area contributed by atoms with Gasteiger partial charge >= 0.3 is 0 Å². The van der Waals surface area contributed by atoms with Crippen LogP contribution in [0.2, 0.25) is 0 Å². The lowest BCUT2D eigenvalue weighted by Crippen LogP contribution is -2.68. The summed E-state index contributed by atoms with van der Waals surface area (Å²) in [6, 6.07) is 4.87. The lowest BCUT2D eigenvalue weighted by atomic mass is 9.82. The first-order valence-electron chi connectivity index (χ1n) is 14.7. The van der Waals surface area contributed by atoms with Crippen LogP contribution in [0.25, 0.3) is 6.08 Å².